The van der Waals surface area contributed by atoms with Gasteiger partial charge in [0.15, 0.2) is 0 Å². The standard InChI is InChI=1S/C50H32B2N8/c1-5-15-33(16-6-1)57-41-24-14-13-23-37(41)51-39-29-38-44(30-45(39)59(35-19-9-3-10-20-35)49-46(51)42(57)25-27-54-49)58(34-17-7-2-8-18-34)43-26-28-55-50-47(43)52(38)40-31-53-32-56-48(40)60(50)36-21-11-4-12-22-36/h1-32H. The van der Waals surface area contributed by atoms with Crippen LogP contribution in [-0.2, 0) is 0 Å². The summed E-state index contributed by atoms with van der Waals surface area (Å²) in [7, 11) is 0. The summed E-state index contributed by atoms with van der Waals surface area (Å²) >= 11 is 0. The lowest BCUT2D eigenvalue weighted by molar-refractivity contribution is 1.09. The van der Waals surface area contributed by atoms with Crippen LogP contribution in [0.15, 0.2) is 195 Å². The number of rotatable bonds is 4. The van der Waals surface area contributed by atoms with Gasteiger partial charge in [0.25, 0.3) is 13.4 Å². The Morgan fingerprint density at radius 1 is 0.333 bits per heavy atom. The first-order valence-electron chi connectivity index (χ1n) is 20.3. The summed E-state index contributed by atoms with van der Waals surface area (Å²) in [5.41, 5.74) is 16.7. The van der Waals surface area contributed by atoms with Crippen molar-refractivity contribution in [1.82, 2.24) is 19.9 Å². The van der Waals surface area contributed by atoms with E-state index in [1.807, 2.05) is 24.7 Å². The van der Waals surface area contributed by atoms with Gasteiger partial charge in [0, 0.05) is 69.8 Å². The number of fused-ring (bicyclic) bond motifs is 8. The monoisotopic (exact) mass is 766 g/mol. The molecule has 0 unspecified atom stereocenters. The highest BCUT2D eigenvalue weighted by atomic mass is 15.3. The van der Waals surface area contributed by atoms with Crippen LogP contribution in [0, 0.1) is 0 Å². The molecule has 4 aliphatic rings. The van der Waals surface area contributed by atoms with Crippen molar-refractivity contribution in [2.75, 3.05) is 19.6 Å². The molecule has 0 amide bonds. The molecule has 0 N–H and O–H groups in total. The van der Waals surface area contributed by atoms with E-state index in [-0.39, 0.29) is 13.4 Å². The maximum atomic E-state index is 5.27. The largest absolute Gasteiger partial charge is 0.311 e. The molecule has 0 saturated carbocycles. The maximum absolute atomic E-state index is 5.27. The van der Waals surface area contributed by atoms with Crippen molar-refractivity contribution in [3.8, 4) is 0 Å². The van der Waals surface area contributed by atoms with E-state index in [0.29, 0.717) is 0 Å². The smallest absolute Gasteiger partial charge is 0.258 e. The SMILES string of the molecule is c1ccc(N2c3ccccc3B3c4cc5c(cc4N(c4ccccc4)c4nccc2c43)N(c2ccccc2)c2ccnc3c2B5c2cncnc2N3c2ccccc2)cc1. The third kappa shape index (κ3) is 4.58. The molecule has 0 aliphatic carbocycles. The molecule has 0 spiro atoms. The topological polar surface area (TPSA) is 64.5 Å². The number of anilines is 12. The zero-order valence-electron chi connectivity index (χ0n) is 32.2. The molecule has 3 aromatic heterocycles. The molecule has 4 aliphatic heterocycles. The van der Waals surface area contributed by atoms with Crippen molar-refractivity contribution in [3.63, 3.8) is 0 Å². The van der Waals surface area contributed by atoms with E-state index in [1.54, 1.807) is 6.33 Å². The van der Waals surface area contributed by atoms with Crippen molar-refractivity contribution in [1.29, 1.82) is 0 Å². The van der Waals surface area contributed by atoms with Gasteiger partial charge in [-0.15, -0.1) is 0 Å². The molecule has 6 aromatic carbocycles. The lowest BCUT2D eigenvalue weighted by atomic mass is 9.30. The Balaban J connectivity index is 1.14. The van der Waals surface area contributed by atoms with E-state index in [9.17, 15) is 0 Å². The Kier molecular flexibility index (Phi) is 7.03. The number of aromatic nitrogens is 4. The van der Waals surface area contributed by atoms with Gasteiger partial charge in [-0.1, -0.05) is 97.1 Å². The highest BCUT2D eigenvalue weighted by molar-refractivity contribution is 7.03. The van der Waals surface area contributed by atoms with Crippen LogP contribution in [0.3, 0.4) is 0 Å². The summed E-state index contributed by atoms with van der Waals surface area (Å²) in [6, 6.07) is 60.5. The van der Waals surface area contributed by atoms with E-state index >= 15 is 0 Å². The van der Waals surface area contributed by atoms with Gasteiger partial charge in [-0.05, 0) is 106 Å². The third-order valence-electron chi connectivity index (χ3n) is 12.4. The Morgan fingerprint density at radius 2 is 0.800 bits per heavy atom. The van der Waals surface area contributed by atoms with Crippen LogP contribution in [0.1, 0.15) is 0 Å². The fourth-order valence-corrected chi connectivity index (χ4v) is 10.1. The van der Waals surface area contributed by atoms with Gasteiger partial charge in [-0.25, -0.2) is 19.9 Å². The Labute approximate surface area is 347 Å². The molecule has 60 heavy (non-hydrogen) atoms. The highest BCUT2D eigenvalue weighted by Crippen LogP contribution is 2.47. The highest BCUT2D eigenvalue weighted by Gasteiger charge is 2.49. The van der Waals surface area contributed by atoms with Crippen LogP contribution in [0.4, 0.5) is 68.6 Å². The Hall–Kier alpha value is -7.97. The summed E-state index contributed by atoms with van der Waals surface area (Å²) in [5, 5.41) is 0. The minimum absolute atomic E-state index is 0.101. The van der Waals surface area contributed by atoms with E-state index in [4.69, 9.17) is 19.9 Å². The first-order valence-corrected chi connectivity index (χ1v) is 20.3. The molecule has 8 nitrogen and oxygen atoms in total. The zero-order valence-corrected chi connectivity index (χ0v) is 32.2. The molecule has 7 heterocycles. The first-order chi connectivity index (χ1) is 29.8. The van der Waals surface area contributed by atoms with Crippen molar-refractivity contribution in [2.24, 2.45) is 0 Å². The molecule has 10 heteroatoms. The number of benzene rings is 6. The van der Waals surface area contributed by atoms with Gasteiger partial charge in [-0.3, -0.25) is 9.80 Å². The minimum Gasteiger partial charge on any atom is -0.311 e. The van der Waals surface area contributed by atoms with Crippen LogP contribution in [-0.4, -0.2) is 33.4 Å². The molecule has 0 atom stereocenters. The van der Waals surface area contributed by atoms with Crippen molar-refractivity contribution in [2.45, 2.75) is 0 Å². The number of nitrogens with zero attached hydrogens (tertiary/aromatic N) is 8. The average molecular weight is 766 g/mol. The van der Waals surface area contributed by atoms with Crippen molar-refractivity contribution in [3.05, 3.63) is 195 Å². The molecular formula is C50H32B2N8. The van der Waals surface area contributed by atoms with E-state index < -0.39 is 0 Å². The quantitative estimate of drug-likeness (QED) is 0.172. The van der Waals surface area contributed by atoms with Crippen LogP contribution in [0.5, 0.6) is 0 Å². The molecule has 9 aromatic rings. The molecule has 0 bridgehead atoms. The van der Waals surface area contributed by atoms with Gasteiger partial charge in [0.05, 0.1) is 0 Å². The van der Waals surface area contributed by atoms with Crippen molar-refractivity contribution < 1.29 is 0 Å². The molecular weight excluding hydrogens is 734 g/mol. The number of hydrogen-bond acceptors (Lipinski definition) is 8. The number of para-hydroxylation sites is 5. The summed E-state index contributed by atoms with van der Waals surface area (Å²) in [6.07, 6.45) is 7.55. The fraction of sp³-hybridized carbons (Fsp3) is 0. The molecule has 0 fully saturated rings. The van der Waals surface area contributed by atoms with Crippen LogP contribution in [0.2, 0.25) is 0 Å². The third-order valence-corrected chi connectivity index (χ3v) is 12.4. The van der Waals surface area contributed by atoms with Gasteiger partial charge >= 0.3 is 0 Å². The van der Waals surface area contributed by atoms with E-state index in [1.165, 1.54) is 21.9 Å². The van der Waals surface area contributed by atoms with Gasteiger partial charge in [0.1, 0.15) is 23.8 Å². The lowest BCUT2D eigenvalue weighted by Gasteiger charge is -2.46. The Bertz CT molecular complexity index is 2940. The second-order valence-corrected chi connectivity index (χ2v) is 15.5. The van der Waals surface area contributed by atoms with Crippen LogP contribution < -0.4 is 52.4 Å². The minimum atomic E-state index is -0.195. The van der Waals surface area contributed by atoms with E-state index in [0.717, 1.165) is 79.6 Å². The predicted octanol–water partition coefficient (Wildman–Crippen LogP) is 7.43. The van der Waals surface area contributed by atoms with Crippen LogP contribution >= 0.6 is 0 Å². The van der Waals surface area contributed by atoms with Gasteiger partial charge in [-0.2, -0.15) is 0 Å². The van der Waals surface area contributed by atoms with Gasteiger partial charge < -0.3 is 9.80 Å². The second-order valence-electron chi connectivity index (χ2n) is 15.5. The molecule has 13 rings (SSSR count). The lowest BCUT2D eigenvalue weighted by Crippen LogP contribution is -2.65. The zero-order chi connectivity index (χ0) is 39.3. The van der Waals surface area contributed by atoms with E-state index in [2.05, 4.69) is 183 Å². The summed E-state index contributed by atoms with van der Waals surface area (Å²) in [6.45, 7) is -0.296. The normalized spacial score (nSPS) is 13.8. The van der Waals surface area contributed by atoms with Gasteiger partial charge in [0.2, 0.25) is 0 Å². The summed E-state index contributed by atoms with van der Waals surface area (Å²) in [4.78, 5) is 29.5. The molecule has 0 saturated heterocycles. The second kappa shape index (κ2) is 12.8. The predicted molar refractivity (Wildman–Crippen MR) is 246 cm³/mol. The first kappa shape index (κ1) is 33.0. The summed E-state index contributed by atoms with van der Waals surface area (Å²) < 4.78 is 0. The number of hydrogen-bond donors (Lipinski definition) is 0. The number of pyridine rings is 2. The molecule has 0 radical (unpaired) electrons. The molecule has 278 valence electrons. The Morgan fingerprint density at radius 3 is 1.40 bits per heavy atom. The average Bonchev–Trinajstić information content (AvgIpc) is 3.32. The van der Waals surface area contributed by atoms with Crippen LogP contribution in [0.25, 0.3) is 0 Å². The fourth-order valence-electron chi connectivity index (χ4n) is 10.1. The maximum Gasteiger partial charge on any atom is 0.258 e. The van der Waals surface area contributed by atoms with Crippen molar-refractivity contribution >= 4 is 115 Å². The summed E-state index contributed by atoms with van der Waals surface area (Å²) in [5.74, 6) is 2.62.